The molecule has 0 saturated carbocycles. The lowest BCUT2D eigenvalue weighted by atomic mass is 10.2. The highest BCUT2D eigenvalue weighted by Crippen LogP contribution is 2.16. The summed E-state index contributed by atoms with van der Waals surface area (Å²) in [5, 5.41) is 3.81. The lowest BCUT2D eigenvalue weighted by Crippen LogP contribution is -2.24. The predicted molar refractivity (Wildman–Crippen MR) is 69.5 cm³/mol. The molecule has 2 aromatic rings. The average Bonchev–Trinajstić information content (AvgIpc) is 2.73. The van der Waals surface area contributed by atoms with E-state index in [9.17, 15) is 12.8 Å². The van der Waals surface area contributed by atoms with Crippen molar-refractivity contribution in [2.24, 2.45) is 0 Å². The lowest BCUT2D eigenvalue weighted by molar-refractivity contribution is 0.557. The van der Waals surface area contributed by atoms with Crippen LogP contribution >= 0.6 is 11.3 Å². The summed E-state index contributed by atoms with van der Waals surface area (Å²) in [7, 11) is -3.80. The van der Waals surface area contributed by atoms with Crippen LogP contribution in [0.4, 0.5) is 4.39 Å². The van der Waals surface area contributed by atoms with Crippen molar-refractivity contribution < 1.29 is 12.8 Å². The van der Waals surface area contributed by atoms with Crippen molar-refractivity contribution in [2.75, 3.05) is 0 Å². The van der Waals surface area contributed by atoms with Crippen LogP contribution in [0.3, 0.4) is 0 Å². The number of benzene rings is 1. The average molecular weight is 285 g/mol. The summed E-state index contributed by atoms with van der Waals surface area (Å²) < 4.78 is 39.6. The van der Waals surface area contributed by atoms with Gasteiger partial charge in [-0.3, -0.25) is 0 Å². The van der Waals surface area contributed by atoms with Gasteiger partial charge in [0.05, 0.1) is 0 Å². The number of hydrogen-bond donors (Lipinski definition) is 1. The molecule has 0 aliphatic heterocycles. The van der Waals surface area contributed by atoms with Crippen molar-refractivity contribution in [3.8, 4) is 0 Å². The number of sulfonamides is 1. The third kappa shape index (κ3) is 2.77. The fraction of sp³-hybridized carbons (Fsp3) is 0.167. The van der Waals surface area contributed by atoms with Crippen LogP contribution in [0.5, 0.6) is 0 Å². The Morgan fingerprint density at radius 1 is 1.28 bits per heavy atom. The molecule has 0 radical (unpaired) electrons. The van der Waals surface area contributed by atoms with Crippen molar-refractivity contribution in [1.29, 1.82) is 0 Å². The molecule has 1 aromatic carbocycles. The van der Waals surface area contributed by atoms with Crippen molar-refractivity contribution in [3.05, 3.63) is 52.0 Å². The quantitative estimate of drug-likeness (QED) is 0.938. The Morgan fingerprint density at radius 3 is 2.61 bits per heavy atom. The summed E-state index contributed by atoms with van der Waals surface area (Å²) in [6, 6.07) is 5.33. The molecule has 0 aliphatic rings. The van der Waals surface area contributed by atoms with E-state index >= 15 is 0 Å². The van der Waals surface area contributed by atoms with Crippen LogP contribution < -0.4 is 4.72 Å². The van der Waals surface area contributed by atoms with Gasteiger partial charge in [-0.2, -0.15) is 11.3 Å². The summed E-state index contributed by atoms with van der Waals surface area (Å²) in [4.78, 5) is -0.321. The molecule has 0 spiro atoms. The molecule has 3 nitrogen and oxygen atoms in total. The third-order valence-corrected chi connectivity index (χ3v) is 4.89. The molecule has 0 unspecified atom stereocenters. The van der Waals surface area contributed by atoms with E-state index in [1.165, 1.54) is 29.5 Å². The molecule has 0 saturated heterocycles. The van der Waals surface area contributed by atoms with Gasteiger partial charge in [0.1, 0.15) is 10.7 Å². The highest BCUT2D eigenvalue weighted by molar-refractivity contribution is 7.89. The van der Waals surface area contributed by atoms with E-state index in [0.29, 0.717) is 0 Å². The zero-order chi connectivity index (χ0) is 13.2. The molecule has 2 rings (SSSR count). The van der Waals surface area contributed by atoms with Gasteiger partial charge in [-0.1, -0.05) is 12.1 Å². The van der Waals surface area contributed by atoms with Gasteiger partial charge in [0.25, 0.3) is 0 Å². The van der Waals surface area contributed by atoms with Crippen LogP contribution in [0.1, 0.15) is 11.1 Å². The molecule has 0 fully saturated rings. The topological polar surface area (TPSA) is 46.2 Å². The Hall–Kier alpha value is -1.24. The molecule has 18 heavy (non-hydrogen) atoms. The molecule has 1 heterocycles. The highest BCUT2D eigenvalue weighted by Gasteiger charge is 2.18. The number of aryl methyl sites for hydroxylation is 1. The predicted octanol–water partition coefficient (Wildman–Crippen LogP) is 2.67. The van der Waals surface area contributed by atoms with Crippen LogP contribution in [0.25, 0.3) is 0 Å². The second-order valence-corrected chi connectivity index (χ2v) is 6.31. The van der Waals surface area contributed by atoms with Crippen molar-refractivity contribution in [3.63, 3.8) is 0 Å². The molecule has 96 valence electrons. The summed E-state index contributed by atoms with van der Waals surface area (Å²) in [5.41, 5.74) is 1.93. The van der Waals surface area contributed by atoms with Crippen LogP contribution in [0.2, 0.25) is 0 Å². The number of rotatable bonds is 4. The molecular formula is C12H12FNO2S2. The van der Waals surface area contributed by atoms with Gasteiger partial charge in [-0.15, -0.1) is 0 Å². The maximum atomic E-state index is 13.4. The minimum Gasteiger partial charge on any atom is -0.207 e. The molecular weight excluding hydrogens is 273 g/mol. The second-order valence-electron chi connectivity index (χ2n) is 3.84. The number of hydrogen-bond acceptors (Lipinski definition) is 3. The van der Waals surface area contributed by atoms with Gasteiger partial charge >= 0.3 is 0 Å². The Morgan fingerprint density at radius 2 is 2.00 bits per heavy atom. The van der Waals surface area contributed by atoms with Gasteiger partial charge in [0.2, 0.25) is 10.0 Å². The second kappa shape index (κ2) is 5.17. The molecule has 0 atom stereocenters. The Balaban J connectivity index is 2.19. The van der Waals surface area contributed by atoms with E-state index in [1.54, 1.807) is 0 Å². The number of thiophene rings is 1. The monoisotopic (exact) mass is 285 g/mol. The van der Waals surface area contributed by atoms with E-state index in [-0.39, 0.29) is 11.4 Å². The van der Waals surface area contributed by atoms with Crippen molar-refractivity contribution >= 4 is 21.4 Å². The van der Waals surface area contributed by atoms with Crippen LogP contribution in [0, 0.1) is 12.7 Å². The smallest absolute Gasteiger partial charge is 0.207 e. The first kappa shape index (κ1) is 13.2. The minimum absolute atomic E-state index is 0.173. The third-order valence-electron chi connectivity index (χ3n) is 2.54. The number of halogens is 1. The maximum absolute atomic E-state index is 13.4. The maximum Gasteiger partial charge on any atom is 0.243 e. The van der Waals surface area contributed by atoms with Crippen LogP contribution in [0.15, 0.2) is 39.9 Å². The normalized spacial score (nSPS) is 11.7. The van der Waals surface area contributed by atoms with E-state index in [0.717, 1.165) is 17.2 Å². The largest absolute Gasteiger partial charge is 0.243 e. The summed E-state index contributed by atoms with van der Waals surface area (Å²) in [6.45, 7) is 2.08. The van der Waals surface area contributed by atoms with Crippen LogP contribution in [-0.2, 0) is 16.6 Å². The van der Waals surface area contributed by atoms with Gasteiger partial charge < -0.3 is 0 Å². The minimum atomic E-state index is -3.80. The van der Waals surface area contributed by atoms with Gasteiger partial charge in [-0.05, 0) is 40.9 Å². The highest BCUT2D eigenvalue weighted by atomic mass is 32.2. The SMILES string of the molecule is Cc1cscc1CNS(=O)(=O)c1ccccc1F. The summed E-state index contributed by atoms with van der Waals surface area (Å²) in [6.07, 6.45) is 0. The summed E-state index contributed by atoms with van der Waals surface area (Å²) in [5.74, 6) is -0.743. The zero-order valence-corrected chi connectivity index (χ0v) is 11.3. The fourth-order valence-corrected chi connectivity index (χ4v) is 3.42. The van der Waals surface area contributed by atoms with Crippen molar-refractivity contribution in [2.45, 2.75) is 18.4 Å². The van der Waals surface area contributed by atoms with Gasteiger partial charge in [0, 0.05) is 6.54 Å². The molecule has 1 aromatic heterocycles. The Bertz CT molecular complexity index is 650. The molecule has 0 amide bonds. The van der Waals surface area contributed by atoms with E-state index in [1.807, 2.05) is 17.7 Å². The summed E-state index contributed by atoms with van der Waals surface area (Å²) >= 11 is 1.51. The van der Waals surface area contributed by atoms with E-state index in [2.05, 4.69) is 4.72 Å². The zero-order valence-electron chi connectivity index (χ0n) is 9.68. The molecule has 0 bridgehead atoms. The standard InChI is InChI=1S/C12H12FNO2S2/c1-9-7-17-8-10(9)6-14-18(15,16)12-5-3-2-4-11(12)13/h2-5,7-8,14H,6H2,1H3. The van der Waals surface area contributed by atoms with E-state index < -0.39 is 15.8 Å². The first-order valence-electron chi connectivity index (χ1n) is 5.26. The fourth-order valence-electron chi connectivity index (χ4n) is 1.48. The Labute approximate surface area is 109 Å². The first-order valence-corrected chi connectivity index (χ1v) is 7.69. The molecule has 0 aliphatic carbocycles. The molecule has 6 heteroatoms. The van der Waals surface area contributed by atoms with Crippen LogP contribution in [-0.4, -0.2) is 8.42 Å². The lowest BCUT2D eigenvalue weighted by Gasteiger charge is -2.07. The van der Waals surface area contributed by atoms with Gasteiger partial charge in [0.15, 0.2) is 0 Å². The van der Waals surface area contributed by atoms with Crippen molar-refractivity contribution in [1.82, 2.24) is 4.72 Å². The first-order chi connectivity index (χ1) is 8.50. The Kier molecular flexibility index (Phi) is 3.79. The number of nitrogens with one attached hydrogen (secondary N) is 1. The van der Waals surface area contributed by atoms with Gasteiger partial charge in [-0.25, -0.2) is 17.5 Å². The molecule has 1 N–H and O–H groups in total. The van der Waals surface area contributed by atoms with E-state index in [4.69, 9.17) is 0 Å².